The number of nitrogens with one attached hydrogen (secondary N) is 1. The monoisotopic (exact) mass is 371 g/mol. The van der Waals surface area contributed by atoms with Gasteiger partial charge in [-0.2, -0.15) is 13.2 Å². The molecule has 0 spiro atoms. The van der Waals surface area contributed by atoms with Crippen LogP contribution in [0, 0.1) is 6.92 Å². The molecule has 0 fully saturated rings. The Bertz CT molecular complexity index is 983. The lowest BCUT2D eigenvalue weighted by Crippen LogP contribution is -2.13. The van der Waals surface area contributed by atoms with Crippen LogP contribution in [-0.4, -0.2) is 10.9 Å². The lowest BCUT2D eigenvalue weighted by Gasteiger charge is -2.12. The van der Waals surface area contributed by atoms with E-state index in [1.54, 1.807) is 36.5 Å². The minimum absolute atomic E-state index is 0.0751. The van der Waals surface area contributed by atoms with Crippen molar-refractivity contribution in [3.63, 3.8) is 0 Å². The third kappa shape index (κ3) is 4.25. The minimum Gasteiger partial charge on any atom is -0.384 e. The standard InChI is InChI=1S/C20H16F3N3O/c1-12-5-6-13(9-17(12)14-7-8-18(24)25-11-14)19(27)26-16-4-2-3-15(10-16)20(21,22)23/h2-11H,1H3,(H2,24,25)(H,26,27). The third-order valence-electron chi connectivity index (χ3n) is 4.04. The number of pyridine rings is 1. The van der Waals surface area contributed by atoms with Crippen LogP contribution >= 0.6 is 0 Å². The average Bonchev–Trinajstić information content (AvgIpc) is 2.62. The van der Waals surface area contributed by atoms with Gasteiger partial charge in [0.25, 0.3) is 5.91 Å². The van der Waals surface area contributed by atoms with E-state index in [0.717, 1.165) is 28.8 Å². The number of nitrogen functional groups attached to an aromatic ring is 1. The van der Waals surface area contributed by atoms with Crippen molar-refractivity contribution in [2.24, 2.45) is 0 Å². The molecule has 1 amide bonds. The van der Waals surface area contributed by atoms with Crippen LogP contribution in [0.2, 0.25) is 0 Å². The second-order valence-electron chi connectivity index (χ2n) is 6.03. The molecule has 0 saturated carbocycles. The molecule has 0 unspecified atom stereocenters. The maximum atomic E-state index is 12.8. The first-order chi connectivity index (χ1) is 12.7. The highest BCUT2D eigenvalue weighted by Gasteiger charge is 2.30. The predicted octanol–water partition coefficient (Wildman–Crippen LogP) is 4.91. The van der Waals surface area contributed by atoms with Crippen LogP contribution < -0.4 is 11.1 Å². The summed E-state index contributed by atoms with van der Waals surface area (Å²) in [6, 6.07) is 13.0. The SMILES string of the molecule is Cc1ccc(C(=O)Nc2cccc(C(F)(F)F)c2)cc1-c1ccc(N)nc1. The van der Waals surface area contributed by atoms with Crippen molar-refractivity contribution in [1.29, 1.82) is 0 Å². The average molecular weight is 371 g/mol. The number of hydrogen-bond donors (Lipinski definition) is 2. The first-order valence-electron chi connectivity index (χ1n) is 8.05. The maximum absolute atomic E-state index is 12.8. The van der Waals surface area contributed by atoms with Crippen LogP contribution in [0.3, 0.4) is 0 Å². The fraction of sp³-hybridized carbons (Fsp3) is 0.100. The van der Waals surface area contributed by atoms with Crippen molar-refractivity contribution in [1.82, 2.24) is 4.98 Å². The summed E-state index contributed by atoms with van der Waals surface area (Å²) in [5.74, 6) is -0.117. The molecule has 138 valence electrons. The van der Waals surface area contributed by atoms with E-state index in [0.29, 0.717) is 11.4 Å². The molecule has 27 heavy (non-hydrogen) atoms. The van der Waals surface area contributed by atoms with Crippen LogP contribution in [-0.2, 0) is 6.18 Å². The molecule has 1 aromatic heterocycles. The van der Waals surface area contributed by atoms with Crippen LogP contribution in [0.15, 0.2) is 60.8 Å². The molecule has 2 aromatic carbocycles. The summed E-state index contributed by atoms with van der Waals surface area (Å²) in [6.07, 6.45) is -2.87. The molecule has 0 aliphatic heterocycles. The van der Waals surface area contributed by atoms with E-state index in [1.165, 1.54) is 12.1 Å². The van der Waals surface area contributed by atoms with Crippen LogP contribution in [0.5, 0.6) is 0 Å². The van der Waals surface area contributed by atoms with Crippen LogP contribution in [0.4, 0.5) is 24.7 Å². The molecule has 7 heteroatoms. The highest BCUT2D eigenvalue weighted by molar-refractivity contribution is 6.05. The summed E-state index contributed by atoms with van der Waals surface area (Å²) >= 11 is 0. The maximum Gasteiger partial charge on any atom is 0.416 e. The Kier molecular flexibility index (Phi) is 4.85. The zero-order valence-corrected chi connectivity index (χ0v) is 14.3. The molecule has 0 saturated heterocycles. The molecule has 0 atom stereocenters. The van der Waals surface area contributed by atoms with E-state index < -0.39 is 17.6 Å². The number of amides is 1. The molecule has 3 rings (SSSR count). The molecular weight excluding hydrogens is 355 g/mol. The number of nitrogens with two attached hydrogens (primary N) is 1. The topological polar surface area (TPSA) is 68.0 Å². The van der Waals surface area contributed by atoms with E-state index in [9.17, 15) is 18.0 Å². The van der Waals surface area contributed by atoms with Gasteiger partial charge < -0.3 is 11.1 Å². The number of halogens is 3. The molecule has 0 radical (unpaired) electrons. The Morgan fingerprint density at radius 2 is 1.85 bits per heavy atom. The molecule has 0 bridgehead atoms. The zero-order valence-electron chi connectivity index (χ0n) is 14.3. The number of benzene rings is 2. The normalized spacial score (nSPS) is 11.3. The number of anilines is 2. The number of aromatic nitrogens is 1. The second-order valence-corrected chi connectivity index (χ2v) is 6.03. The smallest absolute Gasteiger partial charge is 0.384 e. The Labute approximate surface area is 153 Å². The van der Waals surface area contributed by atoms with Crippen molar-refractivity contribution in [3.8, 4) is 11.1 Å². The number of aryl methyl sites for hydroxylation is 1. The van der Waals surface area contributed by atoms with Gasteiger partial charge in [-0.05, 0) is 60.5 Å². The van der Waals surface area contributed by atoms with Gasteiger partial charge >= 0.3 is 6.18 Å². The number of alkyl halides is 3. The van der Waals surface area contributed by atoms with Crippen molar-refractivity contribution >= 4 is 17.4 Å². The first kappa shape index (κ1) is 18.4. The van der Waals surface area contributed by atoms with Gasteiger partial charge in [0.15, 0.2) is 0 Å². The van der Waals surface area contributed by atoms with Crippen LogP contribution in [0.25, 0.3) is 11.1 Å². The zero-order chi connectivity index (χ0) is 19.6. The highest BCUT2D eigenvalue weighted by Crippen LogP contribution is 2.31. The first-order valence-corrected chi connectivity index (χ1v) is 8.05. The van der Waals surface area contributed by atoms with E-state index in [2.05, 4.69) is 10.3 Å². The molecular formula is C20H16F3N3O. The summed E-state index contributed by atoms with van der Waals surface area (Å²) < 4.78 is 38.4. The number of carbonyl (C=O) groups excluding carboxylic acids is 1. The summed E-state index contributed by atoms with van der Waals surface area (Å²) in [6.45, 7) is 1.89. The largest absolute Gasteiger partial charge is 0.416 e. The number of rotatable bonds is 3. The lowest BCUT2D eigenvalue weighted by atomic mass is 9.99. The second kappa shape index (κ2) is 7.11. The van der Waals surface area contributed by atoms with E-state index in [-0.39, 0.29) is 5.69 Å². The van der Waals surface area contributed by atoms with Crippen LogP contribution in [0.1, 0.15) is 21.5 Å². The van der Waals surface area contributed by atoms with Gasteiger partial charge in [0, 0.05) is 23.0 Å². The Morgan fingerprint density at radius 1 is 1.07 bits per heavy atom. The summed E-state index contributed by atoms with van der Waals surface area (Å²) in [7, 11) is 0. The fourth-order valence-corrected chi connectivity index (χ4v) is 2.62. The third-order valence-corrected chi connectivity index (χ3v) is 4.04. The summed E-state index contributed by atoms with van der Waals surface area (Å²) in [5, 5.41) is 2.50. The summed E-state index contributed by atoms with van der Waals surface area (Å²) in [4.78, 5) is 16.5. The Hall–Kier alpha value is -3.35. The molecule has 3 aromatic rings. The van der Waals surface area contributed by atoms with Crippen molar-refractivity contribution in [3.05, 3.63) is 77.5 Å². The Balaban J connectivity index is 1.88. The molecule has 4 nitrogen and oxygen atoms in total. The molecule has 3 N–H and O–H groups in total. The van der Waals surface area contributed by atoms with Gasteiger partial charge in [0.2, 0.25) is 0 Å². The number of hydrogen-bond acceptors (Lipinski definition) is 3. The van der Waals surface area contributed by atoms with Crippen molar-refractivity contribution in [2.45, 2.75) is 13.1 Å². The molecule has 0 aliphatic rings. The van der Waals surface area contributed by atoms with E-state index >= 15 is 0 Å². The lowest BCUT2D eigenvalue weighted by molar-refractivity contribution is -0.137. The van der Waals surface area contributed by atoms with E-state index in [4.69, 9.17) is 5.73 Å². The minimum atomic E-state index is -4.47. The van der Waals surface area contributed by atoms with Crippen molar-refractivity contribution < 1.29 is 18.0 Å². The number of nitrogens with zero attached hydrogens (tertiary/aromatic N) is 1. The van der Waals surface area contributed by atoms with Gasteiger partial charge in [0.05, 0.1) is 5.56 Å². The Morgan fingerprint density at radius 3 is 2.52 bits per heavy atom. The van der Waals surface area contributed by atoms with Gasteiger partial charge in [-0.3, -0.25) is 4.79 Å². The van der Waals surface area contributed by atoms with Gasteiger partial charge in [-0.1, -0.05) is 12.1 Å². The quantitative estimate of drug-likeness (QED) is 0.687. The van der Waals surface area contributed by atoms with E-state index in [1.807, 2.05) is 6.92 Å². The van der Waals surface area contributed by atoms with Gasteiger partial charge in [0.1, 0.15) is 5.82 Å². The molecule has 0 aliphatic carbocycles. The molecule has 1 heterocycles. The van der Waals surface area contributed by atoms with Crippen molar-refractivity contribution in [2.75, 3.05) is 11.1 Å². The highest BCUT2D eigenvalue weighted by atomic mass is 19.4. The van der Waals surface area contributed by atoms with Gasteiger partial charge in [-0.15, -0.1) is 0 Å². The summed E-state index contributed by atoms with van der Waals surface area (Å²) in [5.41, 5.74) is 7.68. The fourth-order valence-electron chi connectivity index (χ4n) is 2.62. The van der Waals surface area contributed by atoms with Gasteiger partial charge in [-0.25, -0.2) is 4.98 Å². The number of carbonyl (C=O) groups is 1. The predicted molar refractivity (Wildman–Crippen MR) is 98.2 cm³/mol.